The lowest BCUT2D eigenvalue weighted by Crippen LogP contribution is -2.36. The zero-order valence-corrected chi connectivity index (χ0v) is 18.7. The first-order valence-corrected chi connectivity index (χ1v) is 11.0. The van der Waals surface area contributed by atoms with Gasteiger partial charge in [-0.1, -0.05) is 29.8 Å². The van der Waals surface area contributed by atoms with E-state index in [4.69, 9.17) is 21.3 Å². The number of allylic oxidation sites excluding steroid dienone is 5. The Morgan fingerprint density at radius 2 is 2.30 bits per heavy atom. The Morgan fingerprint density at radius 3 is 3.06 bits per heavy atom. The molecule has 2 heterocycles. The Kier molecular flexibility index (Phi) is 7.14. The van der Waals surface area contributed by atoms with E-state index in [0.717, 1.165) is 17.8 Å². The summed E-state index contributed by atoms with van der Waals surface area (Å²) in [5, 5.41) is 7.54. The molecule has 1 N–H and O–H groups in total. The number of anilines is 1. The van der Waals surface area contributed by atoms with Crippen LogP contribution in [0.2, 0.25) is 5.02 Å². The highest BCUT2D eigenvalue weighted by molar-refractivity contribution is 6.31. The van der Waals surface area contributed by atoms with Crippen molar-refractivity contribution in [2.75, 3.05) is 11.9 Å². The van der Waals surface area contributed by atoms with Crippen LogP contribution in [0.1, 0.15) is 13.3 Å². The predicted molar refractivity (Wildman–Crippen MR) is 127 cm³/mol. The molecule has 0 spiro atoms. The van der Waals surface area contributed by atoms with Crippen LogP contribution in [0.15, 0.2) is 82.6 Å². The largest absolute Gasteiger partial charge is 0.463 e. The number of esters is 1. The number of nitrogens with zero attached hydrogens (tertiary/aromatic N) is 4. The molecule has 1 aliphatic heterocycles. The van der Waals surface area contributed by atoms with Gasteiger partial charge in [0.1, 0.15) is 11.7 Å². The third-order valence-electron chi connectivity index (χ3n) is 5.18. The number of nitrogens with one attached hydrogen (secondary N) is 1. The molecule has 0 bridgehead atoms. The molecule has 33 heavy (non-hydrogen) atoms. The summed E-state index contributed by atoms with van der Waals surface area (Å²) in [4.78, 5) is 21.0. The van der Waals surface area contributed by atoms with Gasteiger partial charge < -0.3 is 10.1 Å². The van der Waals surface area contributed by atoms with Crippen molar-refractivity contribution in [3.05, 3.63) is 83.5 Å². The Bertz CT molecular complexity index is 1150. The van der Waals surface area contributed by atoms with Crippen LogP contribution >= 0.6 is 11.6 Å². The van der Waals surface area contributed by atoms with Crippen molar-refractivity contribution in [1.82, 2.24) is 9.78 Å². The number of hydrogen-bond acceptors (Lipinski definition) is 6. The summed E-state index contributed by atoms with van der Waals surface area (Å²) >= 11 is 5.89. The Labute approximate surface area is 196 Å². The van der Waals surface area contributed by atoms with Gasteiger partial charge in [-0.25, -0.2) is 23.9 Å². The number of ether oxygens (including phenoxy) is 1. The Balaban J connectivity index is 1.56. The minimum atomic E-state index is -0.603. The smallest absolute Gasteiger partial charge is 0.330 e. The highest BCUT2D eigenvalue weighted by Crippen LogP contribution is 2.28. The summed E-state index contributed by atoms with van der Waals surface area (Å²) in [5.41, 5.74) is 1.52. The first-order valence-electron chi connectivity index (χ1n) is 10.6. The summed E-state index contributed by atoms with van der Waals surface area (Å²) in [7, 11) is 0. The SMILES string of the molecule is CCOC(=O)C=CC1=CC(C2C=NC(Nc3ccc(F)c(Cl)c3)N=C2n2cccn2)CC=C1. The average Bonchev–Trinajstić information content (AvgIpc) is 3.35. The lowest BCUT2D eigenvalue weighted by molar-refractivity contribution is -0.137. The van der Waals surface area contributed by atoms with Crippen molar-refractivity contribution in [2.45, 2.75) is 19.6 Å². The highest BCUT2D eigenvalue weighted by atomic mass is 35.5. The van der Waals surface area contributed by atoms with Crippen molar-refractivity contribution in [2.24, 2.45) is 21.8 Å². The topological polar surface area (TPSA) is 80.9 Å². The molecule has 7 nitrogen and oxygen atoms in total. The lowest BCUT2D eigenvalue weighted by atomic mass is 9.84. The number of halogens is 2. The van der Waals surface area contributed by atoms with Gasteiger partial charge in [0.05, 0.1) is 17.5 Å². The number of hydrogen-bond donors (Lipinski definition) is 1. The predicted octanol–water partition coefficient (Wildman–Crippen LogP) is 4.64. The molecule has 170 valence electrons. The molecule has 1 aromatic heterocycles. The fourth-order valence-electron chi connectivity index (χ4n) is 3.66. The second-order valence-corrected chi connectivity index (χ2v) is 7.87. The van der Waals surface area contributed by atoms with E-state index >= 15 is 0 Å². The zero-order chi connectivity index (χ0) is 23.2. The van der Waals surface area contributed by atoms with Gasteiger partial charge in [-0.3, -0.25) is 0 Å². The van der Waals surface area contributed by atoms with E-state index in [9.17, 15) is 9.18 Å². The maximum absolute atomic E-state index is 13.5. The van der Waals surface area contributed by atoms with Crippen LogP contribution in [0.4, 0.5) is 10.1 Å². The number of aromatic nitrogens is 2. The van der Waals surface area contributed by atoms with Gasteiger partial charge >= 0.3 is 5.97 Å². The molecule has 3 atom stereocenters. The van der Waals surface area contributed by atoms with Gasteiger partial charge in [0.2, 0.25) is 6.29 Å². The second-order valence-electron chi connectivity index (χ2n) is 7.46. The van der Waals surface area contributed by atoms with Crippen LogP contribution in [0.3, 0.4) is 0 Å². The molecule has 1 aliphatic carbocycles. The van der Waals surface area contributed by atoms with Crippen molar-refractivity contribution in [3.8, 4) is 0 Å². The van der Waals surface area contributed by atoms with Gasteiger partial charge in [0.15, 0.2) is 0 Å². The van der Waals surface area contributed by atoms with E-state index in [1.54, 1.807) is 29.9 Å². The van der Waals surface area contributed by atoms with E-state index in [0.29, 0.717) is 12.3 Å². The van der Waals surface area contributed by atoms with Crippen LogP contribution in [-0.4, -0.2) is 40.7 Å². The highest BCUT2D eigenvalue weighted by Gasteiger charge is 2.29. The molecule has 0 saturated heterocycles. The molecule has 0 amide bonds. The average molecular weight is 468 g/mol. The summed E-state index contributed by atoms with van der Waals surface area (Å²) in [6.07, 6.45) is 14.9. The number of carbonyl (C=O) groups is 1. The zero-order valence-electron chi connectivity index (χ0n) is 17.9. The van der Waals surface area contributed by atoms with Crippen molar-refractivity contribution in [1.29, 1.82) is 0 Å². The minimum absolute atomic E-state index is 0.0245. The molecule has 2 aromatic rings. The molecular formula is C24H23ClFN5O2. The first kappa shape index (κ1) is 22.7. The van der Waals surface area contributed by atoms with Gasteiger partial charge in [-0.2, -0.15) is 5.10 Å². The molecule has 0 saturated carbocycles. The van der Waals surface area contributed by atoms with Crippen LogP contribution in [-0.2, 0) is 9.53 Å². The fourth-order valence-corrected chi connectivity index (χ4v) is 3.84. The van der Waals surface area contributed by atoms with E-state index in [1.165, 1.54) is 18.2 Å². The Hall–Kier alpha value is -3.52. The number of carbonyl (C=O) groups excluding carboxylic acids is 1. The van der Waals surface area contributed by atoms with Crippen molar-refractivity contribution < 1.29 is 13.9 Å². The maximum Gasteiger partial charge on any atom is 0.330 e. The maximum atomic E-state index is 13.5. The summed E-state index contributed by atoms with van der Waals surface area (Å²) in [6, 6.07) is 6.21. The first-order chi connectivity index (χ1) is 16.0. The van der Waals surface area contributed by atoms with Gasteiger partial charge in [0, 0.05) is 30.4 Å². The van der Waals surface area contributed by atoms with Crippen molar-refractivity contribution >= 4 is 35.3 Å². The molecule has 9 heteroatoms. The summed E-state index contributed by atoms with van der Waals surface area (Å²) < 4.78 is 20.2. The standard InChI is InChI=1S/C24H23ClFN5O2/c1-2-33-22(32)10-7-16-5-3-6-17(13-16)19-15-27-24(30-23(19)31-12-4-11-28-31)29-18-8-9-21(26)20(25)14-18/h3-5,7-15,17,19,24,29H,2,6H2,1H3. The van der Waals surface area contributed by atoms with Crippen LogP contribution in [0.25, 0.3) is 0 Å². The fraction of sp³-hybridized carbons (Fsp3) is 0.250. The van der Waals surface area contributed by atoms with Gasteiger partial charge in [-0.15, -0.1) is 0 Å². The Morgan fingerprint density at radius 1 is 1.42 bits per heavy atom. The lowest BCUT2D eigenvalue weighted by Gasteiger charge is -2.28. The third-order valence-corrected chi connectivity index (χ3v) is 5.47. The molecule has 1 aromatic carbocycles. The molecule has 4 rings (SSSR count). The second kappa shape index (κ2) is 10.4. The summed E-state index contributed by atoms with van der Waals surface area (Å²) in [6.45, 7) is 2.11. The van der Waals surface area contributed by atoms with Crippen LogP contribution in [0.5, 0.6) is 0 Å². The van der Waals surface area contributed by atoms with Gasteiger partial charge in [-0.05, 0) is 55.2 Å². The van der Waals surface area contributed by atoms with Gasteiger partial charge in [0.25, 0.3) is 0 Å². The van der Waals surface area contributed by atoms with E-state index < -0.39 is 12.1 Å². The van der Waals surface area contributed by atoms with Crippen LogP contribution < -0.4 is 5.32 Å². The minimum Gasteiger partial charge on any atom is -0.463 e. The molecule has 0 radical (unpaired) electrons. The monoisotopic (exact) mass is 467 g/mol. The number of benzene rings is 1. The van der Waals surface area contributed by atoms with E-state index in [1.807, 2.05) is 24.6 Å². The van der Waals surface area contributed by atoms with E-state index in [-0.39, 0.29) is 22.8 Å². The molecule has 3 unspecified atom stereocenters. The van der Waals surface area contributed by atoms with Crippen LogP contribution in [0, 0.1) is 17.7 Å². The van der Waals surface area contributed by atoms with Crippen molar-refractivity contribution in [3.63, 3.8) is 0 Å². The quantitative estimate of drug-likeness (QED) is 0.495. The number of rotatable bonds is 6. The molecular weight excluding hydrogens is 445 g/mol. The summed E-state index contributed by atoms with van der Waals surface area (Å²) in [5.74, 6) is -0.187. The van der Waals surface area contributed by atoms with E-state index in [2.05, 4.69) is 27.6 Å². The normalized spacial score (nSPS) is 22.2. The third kappa shape index (κ3) is 5.64. The molecule has 2 aliphatic rings. The molecule has 0 fully saturated rings. The number of aliphatic imine (C=N–C) groups is 2.